The Morgan fingerprint density at radius 3 is 3.07 bits per heavy atom. The Kier molecular flexibility index (Phi) is 3.57. The number of halogens is 2. The van der Waals surface area contributed by atoms with Crippen LogP contribution in [-0.2, 0) is 0 Å². The maximum atomic E-state index is 12.7. The van der Waals surface area contributed by atoms with E-state index < -0.39 is 0 Å². The molecule has 0 aromatic carbocycles. The van der Waals surface area contributed by atoms with E-state index in [-0.39, 0.29) is 5.82 Å². The molecule has 1 aromatic heterocycles. The number of anilines is 1. The van der Waals surface area contributed by atoms with Gasteiger partial charge in [-0.3, -0.25) is 0 Å². The van der Waals surface area contributed by atoms with Crippen molar-refractivity contribution in [2.45, 2.75) is 12.8 Å². The highest BCUT2D eigenvalue weighted by molar-refractivity contribution is 9.09. The van der Waals surface area contributed by atoms with Crippen molar-refractivity contribution in [3.05, 3.63) is 24.1 Å². The molecule has 0 amide bonds. The normalized spacial score (nSPS) is 20.9. The van der Waals surface area contributed by atoms with Gasteiger partial charge in [0.15, 0.2) is 0 Å². The van der Waals surface area contributed by atoms with E-state index in [0.717, 1.165) is 30.2 Å². The predicted octanol–water partition coefficient (Wildman–Crippen LogP) is 2.83. The Hall–Kier alpha value is -0.640. The van der Waals surface area contributed by atoms with Crippen LogP contribution in [0.2, 0.25) is 0 Å². The summed E-state index contributed by atoms with van der Waals surface area (Å²) in [6, 6.07) is 3.23. The Labute approximate surface area is 97.6 Å². The molecular formula is C11H14BrFN2. The molecule has 1 fully saturated rings. The topological polar surface area (TPSA) is 16.1 Å². The monoisotopic (exact) mass is 272 g/mol. The van der Waals surface area contributed by atoms with E-state index in [2.05, 4.69) is 25.8 Å². The first-order valence-electron chi connectivity index (χ1n) is 5.22. The highest BCUT2D eigenvalue weighted by atomic mass is 79.9. The first-order valence-corrected chi connectivity index (χ1v) is 6.34. The minimum Gasteiger partial charge on any atom is -0.356 e. The molecule has 0 saturated carbocycles. The van der Waals surface area contributed by atoms with Crippen molar-refractivity contribution in [1.29, 1.82) is 0 Å². The van der Waals surface area contributed by atoms with Gasteiger partial charge < -0.3 is 4.90 Å². The van der Waals surface area contributed by atoms with Crippen LogP contribution < -0.4 is 4.90 Å². The Bertz CT molecular complexity index is 315. The first-order chi connectivity index (χ1) is 7.29. The van der Waals surface area contributed by atoms with Gasteiger partial charge in [0.1, 0.15) is 11.6 Å². The van der Waals surface area contributed by atoms with E-state index >= 15 is 0 Å². The fourth-order valence-corrected chi connectivity index (χ4v) is 2.63. The van der Waals surface area contributed by atoms with Crippen LogP contribution in [0.25, 0.3) is 0 Å². The van der Waals surface area contributed by atoms with Gasteiger partial charge in [0, 0.05) is 18.4 Å². The third-order valence-electron chi connectivity index (χ3n) is 2.84. The lowest BCUT2D eigenvalue weighted by Gasteiger charge is -2.16. The molecule has 2 rings (SSSR count). The van der Waals surface area contributed by atoms with Crippen LogP contribution in [0.4, 0.5) is 10.2 Å². The summed E-state index contributed by atoms with van der Waals surface area (Å²) >= 11 is 3.46. The van der Waals surface area contributed by atoms with Gasteiger partial charge in [0.05, 0.1) is 6.20 Å². The van der Waals surface area contributed by atoms with Crippen molar-refractivity contribution in [1.82, 2.24) is 4.98 Å². The number of aromatic nitrogens is 1. The fraction of sp³-hybridized carbons (Fsp3) is 0.545. The van der Waals surface area contributed by atoms with Crippen LogP contribution in [0, 0.1) is 11.7 Å². The van der Waals surface area contributed by atoms with Gasteiger partial charge in [0.2, 0.25) is 0 Å². The first kappa shape index (κ1) is 10.9. The zero-order chi connectivity index (χ0) is 10.7. The molecule has 0 radical (unpaired) electrons. The van der Waals surface area contributed by atoms with Crippen LogP contribution in [0.1, 0.15) is 12.8 Å². The smallest absolute Gasteiger partial charge is 0.141 e. The quantitative estimate of drug-likeness (QED) is 0.787. The van der Waals surface area contributed by atoms with E-state index in [4.69, 9.17) is 0 Å². The average Bonchev–Trinajstić information content (AvgIpc) is 2.68. The number of alkyl halides is 1. The third-order valence-corrected chi connectivity index (χ3v) is 3.30. The molecule has 0 aliphatic carbocycles. The van der Waals surface area contributed by atoms with Crippen molar-refractivity contribution in [2.24, 2.45) is 5.92 Å². The summed E-state index contributed by atoms with van der Waals surface area (Å²) in [5, 5.41) is 1.06. The van der Waals surface area contributed by atoms with Gasteiger partial charge in [-0.05, 0) is 30.9 Å². The molecule has 0 spiro atoms. The molecule has 82 valence electrons. The summed E-state index contributed by atoms with van der Waals surface area (Å²) in [6.07, 6.45) is 3.70. The maximum absolute atomic E-state index is 12.7. The number of hydrogen-bond acceptors (Lipinski definition) is 2. The van der Waals surface area contributed by atoms with Crippen molar-refractivity contribution in [3.8, 4) is 0 Å². The standard InChI is InChI=1S/C11H14BrFN2/c12-5-3-9-4-6-15(8-9)11-2-1-10(13)7-14-11/h1-2,7,9H,3-6,8H2. The summed E-state index contributed by atoms with van der Waals surface area (Å²) in [5.41, 5.74) is 0. The maximum Gasteiger partial charge on any atom is 0.141 e. The summed E-state index contributed by atoms with van der Waals surface area (Å²) in [7, 11) is 0. The molecule has 1 aromatic rings. The van der Waals surface area contributed by atoms with E-state index in [1.54, 1.807) is 6.07 Å². The van der Waals surface area contributed by atoms with Crippen molar-refractivity contribution in [3.63, 3.8) is 0 Å². The largest absolute Gasteiger partial charge is 0.356 e. The van der Waals surface area contributed by atoms with Crippen LogP contribution in [0.3, 0.4) is 0 Å². The molecule has 4 heteroatoms. The lowest BCUT2D eigenvalue weighted by atomic mass is 10.1. The Balaban J connectivity index is 1.98. The fourth-order valence-electron chi connectivity index (χ4n) is 1.99. The number of nitrogens with zero attached hydrogens (tertiary/aromatic N) is 2. The lowest BCUT2D eigenvalue weighted by molar-refractivity contribution is 0.575. The minimum absolute atomic E-state index is 0.269. The summed E-state index contributed by atoms with van der Waals surface area (Å²) in [5.74, 6) is 1.37. The van der Waals surface area contributed by atoms with Crippen molar-refractivity contribution in [2.75, 3.05) is 23.3 Å². The van der Waals surface area contributed by atoms with Crippen LogP contribution in [-0.4, -0.2) is 23.4 Å². The van der Waals surface area contributed by atoms with E-state index in [1.165, 1.54) is 25.1 Å². The third kappa shape index (κ3) is 2.68. The van der Waals surface area contributed by atoms with Gasteiger partial charge in [-0.1, -0.05) is 15.9 Å². The van der Waals surface area contributed by atoms with Gasteiger partial charge in [0.25, 0.3) is 0 Å². The minimum atomic E-state index is -0.269. The molecule has 1 unspecified atom stereocenters. The zero-order valence-electron chi connectivity index (χ0n) is 8.50. The van der Waals surface area contributed by atoms with Crippen molar-refractivity contribution < 1.29 is 4.39 Å². The zero-order valence-corrected chi connectivity index (χ0v) is 10.1. The highest BCUT2D eigenvalue weighted by Crippen LogP contribution is 2.24. The van der Waals surface area contributed by atoms with Crippen LogP contribution in [0.5, 0.6) is 0 Å². The average molecular weight is 273 g/mol. The molecule has 0 bridgehead atoms. The molecule has 1 saturated heterocycles. The Morgan fingerprint density at radius 1 is 1.53 bits per heavy atom. The Morgan fingerprint density at radius 2 is 2.40 bits per heavy atom. The van der Waals surface area contributed by atoms with Gasteiger partial charge in [-0.15, -0.1) is 0 Å². The molecule has 1 aliphatic rings. The highest BCUT2D eigenvalue weighted by Gasteiger charge is 2.22. The summed E-state index contributed by atoms with van der Waals surface area (Å²) in [6.45, 7) is 2.08. The summed E-state index contributed by atoms with van der Waals surface area (Å²) < 4.78 is 12.7. The number of rotatable bonds is 3. The summed E-state index contributed by atoms with van der Waals surface area (Å²) in [4.78, 5) is 6.32. The second kappa shape index (κ2) is 4.92. The number of pyridine rings is 1. The molecule has 15 heavy (non-hydrogen) atoms. The second-order valence-corrected chi connectivity index (χ2v) is 4.71. The molecule has 2 nitrogen and oxygen atoms in total. The molecule has 0 N–H and O–H groups in total. The lowest BCUT2D eigenvalue weighted by Crippen LogP contribution is -2.20. The molecular weight excluding hydrogens is 259 g/mol. The molecule has 2 heterocycles. The number of hydrogen-bond donors (Lipinski definition) is 0. The van der Waals surface area contributed by atoms with Gasteiger partial charge in [-0.2, -0.15) is 0 Å². The molecule has 1 atom stereocenters. The van der Waals surface area contributed by atoms with E-state index in [1.807, 2.05) is 0 Å². The van der Waals surface area contributed by atoms with Crippen LogP contribution >= 0.6 is 15.9 Å². The second-order valence-electron chi connectivity index (χ2n) is 3.91. The van der Waals surface area contributed by atoms with Gasteiger partial charge in [-0.25, -0.2) is 9.37 Å². The van der Waals surface area contributed by atoms with Crippen LogP contribution in [0.15, 0.2) is 18.3 Å². The van der Waals surface area contributed by atoms with Crippen molar-refractivity contribution >= 4 is 21.7 Å². The molecule has 1 aliphatic heterocycles. The van der Waals surface area contributed by atoms with E-state index in [0.29, 0.717) is 0 Å². The van der Waals surface area contributed by atoms with E-state index in [9.17, 15) is 4.39 Å². The van der Waals surface area contributed by atoms with Gasteiger partial charge >= 0.3 is 0 Å². The SMILES string of the molecule is Fc1ccc(N2CCC(CCBr)C2)nc1. The predicted molar refractivity (Wildman–Crippen MR) is 62.9 cm³/mol.